The fourth-order valence-corrected chi connectivity index (χ4v) is 3.58. The van der Waals surface area contributed by atoms with E-state index >= 15 is 0 Å². The number of anilines is 1. The molecule has 2 aromatic heterocycles. The maximum Gasteiger partial charge on any atom is 0.251 e. The van der Waals surface area contributed by atoms with Crippen molar-refractivity contribution in [3.63, 3.8) is 0 Å². The Bertz CT molecular complexity index is 997. The summed E-state index contributed by atoms with van der Waals surface area (Å²) in [5.41, 5.74) is 1.26. The van der Waals surface area contributed by atoms with Crippen molar-refractivity contribution < 1.29 is 9.53 Å². The minimum Gasteiger partial charge on any atom is -0.380 e. The van der Waals surface area contributed by atoms with Crippen LogP contribution in [0, 0.1) is 0 Å². The number of carbonyl (C=O) groups is 1. The van der Waals surface area contributed by atoms with E-state index < -0.39 is 0 Å². The van der Waals surface area contributed by atoms with E-state index in [-0.39, 0.29) is 5.91 Å². The Morgan fingerprint density at radius 3 is 2.90 bits per heavy atom. The van der Waals surface area contributed by atoms with Crippen molar-refractivity contribution in [3.05, 3.63) is 41.0 Å². The van der Waals surface area contributed by atoms with Crippen LogP contribution >= 0.6 is 23.4 Å². The van der Waals surface area contributed by atoms with Crippen LogP contribution in [0.2, 0.25) is 5.02 Å². The number of hydrogen-bond acceptors (Lipinski definition) is 7. The molecule has 1 amide bonds. The average molecular weight is 449 g/mol. The maximum absolute atomic E-state index is 12.3. The third-order valence-electron chi connectivity index (χ3n) is 4.19. The molecule has 8 nitrogen and oxygen atoms in total. The molecule has 2 heterocycles. The molecule has 0 aliphatic carbocycles. The van der Waals surface area contributed by atoms with E-state index in [9.17, 15) is 4.79 Å². The summed E-state index contributed by atoms with van der Waals surface area (Å²) in [6, 6.07) is 6.86. The molecule has 0 saturated heterocycles. The minimum absolute atomic E-state index is 0.177. The molecule has 0 aliphatic heterocycles. The van der Waals surface area contributed by atoms with Gasteiger partial charge < -0.3 is 15.4 Å². The van der Waals surface area contributed by atoms with E-state index in [1.54, 1.807) is 46.9 Å². The summed E-state index contributed by atoms with van der Waals surface area (Å²) in [7, 11) is 0. The third kappa shape index (κ3) is 5.84. The molecule has 0 spiro atoms. The molecule has 30 heavy (non-hydrogen) atoms. The van der Waals surface area contributed by atoms with E-state index in [1.165, 1.54) is 0 Å². The number of ether oxygens (including phenoxy) is 1. The summed E-state index contributed by atoms with van der Waals surface area (Å²) in [4.78, 5) is 21.6. The molecule has 160 valence electrons. The summed E-state index contributed by atoms with van der Waals surface area (Å²) >= 11 is 7.53. The van der Waals surface area contributed by atoms with Crippen molar-refractivity contribution >= 4 is 46.1 Å². The zero-order chi connectivity index (χ0) is 21.3. The Balaban J connectivity index is 1.70. The number of nitrogens with zero attached hydrogens (tertiary/aromatic N) is 4. The summed E-state index contributed by atoms with van der Waals surface area (Å²) in [5.74, 6) is 1.43. The fraction of sp³-hybridized carbons (Fsp3) is 0.400. The van der Waals surface area contributed by atoms with Crippen molar-refractivity contribution in [3.8, 4) is 0 Å². The molecule has 1 aromatic carbocycles. The second-order valence-corrected chi connectivity index (χ2v) is 7.95. The van der Waals surface area contributed by atoms with Gasteiger partial charge in [-0.15, -0.1) is 0 Å². The smallest absolute Gasteiger partial charge is 0.251 e. The van der Waals surface area contributed by atoms with Crippen LogP contribution in [0.15, 0.2) is 35.6 Å². The van der Waals surface area contributed by atoms with Crippen molar-refractivity contribution in [1.82, 2.24) is 25.1 Å². The first kappa shape index (κ1) is 22.3. The highest BCUT2D eigenvalue weighted by Gasteiger charge is 2.13. The van der Waals surface area contributed by atoms with E-state index in [0.29, 0.717) is 48.6 Å². The number of benzene rings is 1. The van der Waals surface area contributed by atoms with Gasteiger partial charge in [-0.1, -0.05) is 36.4 Å². The topological polar surface area (TPSA) is 94.0 Å². The zero-order valence-corrected chi connectivity index (χ0v) is 18.6. The highest BCUT2D eigenvalue weighted by Crippen LogP contribution is 2.24. The molecule has 2 N–H and O–H groups in total. The number of amides is 1. The van der Waals surface area contributed by atoms with Gasteiger partial charge in [-0.2, -0.15) is 5.10 Å². The summed E-state index contributed by atoms with van der Waals surface area (Å²) < 4.78 is 7.17. The minimum atomic E-state index is -0.177. The molecule has 0 saturated carbocycles. The number of carbonyl (C=O) groups excluding carboxylic acids is 1. The monoisotopic (exact) mass is 448 g/mol. The van der Waals surface area contributed by atoms with Crippen molar-refractivity contribution in [1.29, 1.82) is 0 Å². The molecule has 0 atom stereocenters. The molecular formula is C20H25ClN6O2S. The maximum atomic E-state index is 12.3. The molecule has 0 bridgehead atoms. The zero-order valence-electron chi connectivity index (χ0n) is 17.0. The Hall–Kier alpha value is -2.36. The molecule has 0 unspecified atom stereocenters. The summed E-state index contributed by atoms with van der Waals surface area (Å²) in [6.45, 7) is 6.85. The summed E-state index contributed by atoms with van der Waals surface area (Å²) in [5, 5.41) is 12.7. The normalized spacial score (nSPS) is 11.0. The van der Waals surface area contributed by atoms with Gasteiger partial charge in [0.05, 0.1) is 24.7 Å². The predicted molar refractivity (Wildman–Crippen MR) is 120 cm³/mol. The van der Waals surface area contributed by atoms with Gasteiger partial charge in [-0.3, -0.25) is 4.79 Å². The van der Waals surface area contributed by atoms with E-state index in [2.05, 4.69) is 32.6 Å². The molecular weight excluding hydrogens is 424 g/mol. The highest BCUT2D eigenvalue weighted by molar-refractivity contribution is 7.99. The SMILES string of the molecule is CCOCCNc1nc(SCC)nc2c1cnn2CCNC(=O)c1cccc(Cl)c1. The van der Waals surface area contributed by atoms with Gasteiger partial charge in [0.2, 0.25) is 0 Å². The van der Waals surface area contributed by atoms with Crippen molar-refractivity contribution in [2.75, 3.05) is 37.4 Å². The van der Waals surface area contributed by atoms with E-state index in [4.69, 9.17) is 16.3 Å². The number of fused-ring (bicyclic) bond motifs is 1. The Labute approximate surface area is 184 Å². The number of rotatable bonds is 11. The molecule has 3 rings (SSSR count). The first-order valence-corrected chi connectivity index (χ1v) is 11.2. The van der Waals surface area contributed by atoms with Gasteiger partial charge in [-0.25, -0.2) is 14.6 Å². The molecule has 10 heteroatoms. The molecule has 3 aromatic rings. The summed E-state index contributed by atoms with van der Waals surface area (Å²) in [6.07, 6.45) is 1.75. The largest absolute Gasteiger partial charge is 0.380 e. The lowest BCUT2D eigenvalue weighted by atomic mass is 10.2. The lowest BCUT2D eigenvalue weighted by Crippen LogP contribution is -2.27. The lowest BCUT2D eigenvalue weighted by molar-refractivity contribution is 0.0952. The second-order valence-electron chi connectivity index (χ2n) is 6.28. The molecule has 0 aliphatic rings. The van der Waals surface area contributed by atoms with Crippen molar-refractivity contribution in [2.45, 2.75) is 25.5 Å². The first-order valence-electron chi connectivity index (χ1n) is 9.84. The molecule has 0 fully saturated rings. The molecule has 0 radical (unpaired) electrons. The van der Waals surface area contributed by atoms with E-state index in [1.807, 2.05) is 6.92 Å². The van der Waals surface area contributed by atoms with Gasteiger partial charge in [0.15, 0.2) is 10.8 Å². The van der Waals surface area contributed by atoms with Crippen LogP contribution in [0.4, 0.5) is 5.82 Å². The second kappa shape index (κ2) is 11.1. The van der Waals surface area contributed by atoms with Gasteiger partial charge >= 0.3 is 0 Å². The Morgan fingerprint density at radius 1 is 1.27 bits per heavy atom. The standard InChI is InChI=1S/C20H25ClN6O2S/c1-3-29-11-9-22-17-16-13-24-27(18(16)26-20(25-17)30-4-2)10-8-23-19(28)14-6-5-7-15(21)12-14/h5-7,12-13H,3-4,8-11H2,1-2H3,(H,23,28)(H,22,25,26). The van der Waals surface area contributed by atoms with Crippen LogP contribution in [-0.2, 0) is 11.3 Å². The first-order chi connectivity index (χ1) is 14.6. The van der Waals surface area contributed by atoms with E-state index in [0.717, 1.165) is 22.6 Å². The predicted octanol–water partition coefficient (Wildman–Crippen LogP) is 3.47. The number of aromatic nitrogens is 4. The highest BCUT2D eigenvalue weighted by atomic mass is 35.5. The van der Waals surface area contributed by atoms with Crippen LogP contribution in [0.1, 0.15) is 24.2 Å². The van der Waals surface area contributed by atoms with Crippen molar-refractivity contribution in [2.24, 2.45) is 0 Å². The Kier molecular flexibility index (Phi) is 8.30. The lowest BCUT2D eigenvalue weighted by Gasteiger charge is -2.10. The van der Waals surface area contributed by atoms with Crippen LogP contribution in [0.3, 0.4) is 0 Å². The van der Waals surface area contributed by atoms with Crippen LogP contribution in [-0.4, -0.2) is 57.7 Å². The van der Waals surface area contributed by atoms with Gasteiger partial charge in [0.1, 0.15) is 5.82 Å². The van der Waals surface area contributed by atoms with Gasteiger partial charge in [-0.05, 0) is 30.9 Å². The van der Waals surface area contributed by atoms with Gasteiger partial charge in [0.25, 0.3) is 5.91 Å². The number of hydrogen-bond donors (Lipinski definition) is 2. The number of thioether (sulfide) groups is 1. The van der Waals surface area contributed by atoms with Crippen LogP contribution in [0.25, 0.3) is 11.0 Å². The number of halogens is 1. The fourth-order valence-electron chi connectivity index (χ4n) is 2.82. The quantitative estimate of drug-likeness (QED) is 0.263. The van der Waals surface area contributed by atoms with Gasteiger partial charge in [0, 0.05) is 30.3 Å². The number of nitrogens with one attached hydrogen (secondary N) is 2. The Morgan fingerprint density at radius 2 is 2.13 bits per heavy atom. The van der Waals surface area contributed by atoms with Crippen LogP contribution in [0.5, 0.6) is 0 Å². The third-order valence-corrected chi connectivity index (χ3v) is 5.15. The van der Waals surface area contributed by atoms with Crippen LogP contribution < -0.4 is 10.6 Å². The average Bonchev–Trinajstić information content (AvgIpc) is 3.14.